The predicted octanol–water partition coefficient (Wildman–Crippen LogP) is 1.68. The summed E-state index contributed by atoms with van der Waals surface area (Å²) >= 11 is 0. The molecule has 6 nitrogen and oxygen atoms in total. The molecule has 1 heterocycles. The largest absolute Gasteiger partial charge is 0.490 e. The number of carbonyl (C=O) groups excluding carboxylic acids is 1. The number of morpholine rings is 1. The van der Waals surface area contributed by atoms with Gasteiger partial charge >= 0.3 is 6.61 Å². The van der Waals surface area contributed by atoms with Gasteiger partial charge in [0.15, 0.2) is 11.5 Å². The van der Waals surface area contributed by atoms with Crippen molar-refractivity contribution >= 4 is 5.91 Å². The van der Waals surface area contributed by atoms with Gasteiger partial charge in [0, 0.05) is 13.1 Å². The number of nitrogens with one attached hydrogen (secondary N) is 2. The molecule has 0 saturated carbocycles. The summed E-state index contributed by atoms with van der Waals surface area (Å²) in [6.07, 6.45) is -0.209. The molecule has 2 rings (SSSR count). The molecule has 0 bridgehead atoms. The minimum Gasteiger partial charge on any atom is -0.490 e. The van der Waals surface area contributed by atoms with Gasteiger partial charge in [-0.25, -0.2) is 0 Å². The van der Waals surface area contributed by atoms with Crippen LogP contribution >= 0.6 is 0 Å². The Balaban J connectivity index is 1.98. The molecule has 1 saturated heterocycles. The summed E-state index contributed by atoms with van der Waals surface area (Å²) in [7, 11) is 0. The zero-order chi connectivity index (χ0) is 17.5. The Morgan fingerprint density at radius 3 is 2.92 bits per heavy atom. The first kappa shape index (κ1) is 18.4. The maximum Gasteiger partial charge on any atom is 0.387 e. The van der Waals surface area contributed by atoms with E-state index in [1.807, 2.05) is 6.92 Å². The van der Waals surface area contributed by atoms with E-state index in [0.29, 0.717) is 19.8 Å². The van der Waals surface area contributed by atoms with Crippen LogP contribution in [0.4, 0.5) is 8.78 Å². The molecule has 0 radical (unpaired) electrons. The zero-order valence-corrected chi connectivity index (χ0v) is 13.7. The van der Waals surface area contributed by atoms with E-state index in [4.69, 9.17) is 9.47 Å². The van der Waals surface area contributed by atoms with Crippen LogP contribution in [0.15, 0.2) is 18.2 Å². The van der Waals surface area contributed by atoms with Crippen LogP contribution in [0.3, 0.4) is 0 Å². The topological polar surface area (TPSA) is 68.8 Å². The number of halogens is 2. The molecular weight excluding hydrogens is 322 g/mol. The Morgan fingerprint density at radius 2 is 2.25 bits per heavy atom. The monoisotopic (exact) mass is 344 g/mol. The number of benzene rings is 1. The second-order valence-corrected chi connectivity index (χ2v) is 5.32. The predicted molar refractivity (Wildman–Crippen MR) is 83.3 cm³/mol. The summed E-state index contributed by atoms with van der Waals surface area (Å²) in [5.41, 5.74) is 0.720. The normalized spacial score (nSPS) is 20.7. The molecule has 1 aliphatic heterocycles. The fourth-order valence-electron chi connectivity index (χ4n) is 2.45. The number of hydrogen-bond acceptors (Lipinski definition) is 5. The van der Waals surface area contributed by atoms with Gasteiger partial charge in [0.2, 0.25) is 5.91 Å². The van der Waals surface area contributed by atoms with Gasteiger partial charge in [0.05, 0.1) is 19.3 Å². The van der Waals surface area contributed by atoms with E-state index in [-0.39, 0.29) is 30.1 Å². The summed E-state index contributed by atoms with van der Waals surface area (Å²) in [5, 5.41) is 5.90. The molecule has 1 amide bonds. The lowest BCUT2D eigenvalue weighted by molar-refractivity contribution is -0.129. The van der Waals surface area contributed by atoms with E-state index in [0.717, 1.165) is 5.56 Å². The molecule has 8 heteroatoms. The molecule has 1 aromatic carbocycles. The van der Waals surface area contributed by atoms with Crippen molar-refractivity contribution in [2.75, 3.05) is 19.8 Å². The molecule has 134 valence electrons. The first-order valence-electron chi connectivity index (χ1n) is 7.84. The fourth-order valence-corrected chi connectivity index (χ4v) is 2.45. The van der Waals surface area contributed by atoms with Gasteiger partial charge in [-0.3, -0.25) is 4.79 Å². The quantitative estimate of drug-likeness (QED) is 0.788. The lowest BCUT2D eigenvalue weighted by Gasteiger charge is -2.29. The van der Waals surface area contributed by atoms with Crippen LogP contribution in [-0.2, 0) is 16.1 Å². The van der Waals surface area contributed by atoms with Crippen LogP contribution in [-0.4, -0.2) is 44.4 Å². The lowest BCUT2D eigenvalue weighted by atomic mass is 10.1. The smallest absolute Gasteiger partial charge is 0.387 e. The number of alkyl halides is 2. The van der Waals surface area contributed by atoms with E-state index in [1.54, 1.807) is 19.1 Å². The lowest BCUT2D eigenvalue weighted by Crippen LogP contribution is -2.55. The van der Waals surface area contributed by atoms with Crippen molar-refractivity contribution in [2.24, 2.45) is 0 Å². The molecule has 2 N–H and O–H groups in total. The highest BCUT2D eigenvalue weighted by molar-refractivity contribution is 5.82. The van der Waals surface area contributed by atoms with E-state index < -0.39 is 12.7 Å². The second-order valence-electron chi connectivity index (χ2n) is 5.32. The zero-order valence-electron chi connectivity index (χ0n) is 13.7. The molecule has 0 aromatic heterocycles. The third kappa shape index (κ3) is 5.04. The Labute approximate surface area is 139 Å². The van der Waals surface area contributed by atoms with Crippen molar-refractivity contribution in [3.05, 3.63) is 23.8 Å². The third-order valence-corrected chi connectivity index (χ3v) is 3.59. The van der Waals surface area contributed by atoms with Crippen LogP contribution < -0.4 is 20.1 Å². The van der Waals surface area contributed by atoms with Crippen molar-refractivity contribution in [2.45, 2.75) is 39.1 Å². The van der Waals surface area contributed by atoms with Crippen LogP contribution in [0.2, 0.25) is 0 Å². The minimum absolute atomic E-state index is 0.0297. The first-order chi connectivity index (χ1) is 11.5. The van der Waals surface area contributed by atoms with Gasteiger partial charge in [-0.05, 0) is 31.5 Å². The molecule has 0 unspecified atom stereocenters. The average Bonchev–Trinajstić information content (AvgIpc) is 2.55. The highest BCUT2D eigenvalue weighted by Gasteiger charge is 2.27. The molecule has 0 aliphatic carbocycles. The van der Waals surface area contributed by atoms with Crippen LogP contribution in [0.1, 0.15) is 19.4 Å². The summed E-state index contributed by atoms with van der Waals surface area (Å²) in [6.45, 7) is 2.42. The molecule has 0 spiro atoms. The summed E-state index contributed by atoms with van der Waals surface area (Å²) in [4.78, 5) is 12.2. The van der Waals surface area contributed by atoms with Gasteiger partial charge in [-0.1, -0.05) is 6.07 Å². The van der Waals surface area contributed by atoms with E-state index in [9.17, 15) is 13.6 Å². The van der Waals surface area contributed by atoms with Gasteiger partial charge in [-0.2, -0.15) is 8.78 Å². The van der Waals surface area contributed by atoms with Gasteiger partial charge in [-0.15, -0.1) is 0 Å². The molecule has 1 aliphatic rings. The van der Waals surface area contributed by atoms with E-state index in [1.165, 1.54) is 6.07 Å². The van der Waals surface area contributed by atoms with Gasteiger partial charge in [0.1, 0.15) is 6.04 Å². The number of ether oxygens (including phenoxy) is 3. The van der Waals surface area contributed by atoms with Crippen molar-refractivity contribution in [1.82, 2.24) is 10.6 Å². The fraction of sp³-hybridized carbons (Fsp3) is 0.562. The maximum absolute atomic E-state index is 12.4. The van der Waals surface area contributed by atoms with Crippen LogP contribution in [0, 0.1) is 0 Å². The maximum atomic E-state index is 12.4. The Morgan fingerprint density at radius 1 is 1.46 bits per heavy atom. The molecule has 1 fully saturated rings. The van der Waals surface area contributed by atoms with Crippen molar-refractivity contribution in [3.63, 3.8) is 0 Å². The molecule has 2 atom stereocenters. The number of amides is 1. The van der Waals surface area contributed by atoms with Gasteiger partial charge in [0.25, 0.3) is 0 Å². The van der Waals surface area contributed by atoms with Crippen LogP contribution in [0.25, 0.3) is 0 Å². The number of hydrogen-bond donors (Lipinski definition) is 2. The van der Waals surface area contributed by atoms with Crippen LogP contribution in [0.5, 0.6) is 11.5 Å². The minimum atomic E-state index is -2.92. The summed E-state index contributed by atoms with van der Waals surface area (Å²) in [5.74, 6) is 0.0167. The molecular formula is C16H22F2N2O4. The van der Waals surface area contributed by atoms with E-state index in [2.05, 4.69) is 15.4 Å². The van der Waals surface area contributed by atoms with Crippen molar-refractivity contribution in [1.29, 1.82) is 0 Å². The Hall–Kier alpha value is -1.93. The van der Waals surface area contributed by atoms with Gasteiger partial charge < -0.3 is 24.8 Å². The first-order valence-corrected chi connectivity index (χ1v) is 7.84. The Kier molecular flexibility index (Phi) is 6.74. The summed E-state index contributed by atoms with van der Waals surface area (Å²) in [6, 6.07) is 4.18. The average molecular weight is 344 g/mol. The highest BCUT2D eigenvalue weighted by Crippen LogP contribution is 2.29. The summed E-state index contributed by atoms with van der Waals surface area (Å²) < 4.78 is 39.9. The van der Waals surface area contributed by atoms with Crippen molar-refractivity contribution < 1.29 is 27.8 Å². The molecule has 1 aromatic rings. The van der Waals surface area contributed by atoms with E-state index >= 15 is 0 Å². The SMILES string of the molecule is CCOc1cc(CNC(=O)[C@H]2NCCO[C@@H]2C)ccc1OC(F)F. The van der Waals surface area contributed by atoms with Crippen molar-refractivity contribution in [3.8, 4) is 11.5 Å². The third-order valence-electron chi connectivity index (χ3n) is 3.59. The second kappa shape index (κ2) is 8.79. The Bertz CT molecular complexity index is 557. The number of rotatable bonds is 7. The standard InChI is InChI=1S/C16H22F2N2O4/c1-3-22-13-8-11(4-5-12(13)24-16(17)18)9-20-15(21)14-10(2)23-7-6-19-14/h4-5,8,10,14,16,19H,3,6-7,9H2,1-2H3,(H,20,21)/t10-,14+/m1/s1. The highest BCUT2D eigenvalue weighted by atomic mass is 19.3. The molecule has 24 heavy (non-hydrogen) atoms. The number of carbonyl (C=O) groups is 1.